The zero-order valence-electron chi connectivity index (χ0n) is 5.73. The molecule has 1 aliphatic heterocycles. The molecule has 0 radical (unpaired) electrons. The molecule has 1 saturated heterocycles. The number of aliphatic hydroxyl groups is 1. The van der Waals surface area contributed by atoms with Gasteiger partial charge < -0.3 is 5.11 Å². The van der Waals surface area contributed by atoms with Gasteiger partial charge >= 0.3 is 0 Å². The Kier molecular flexibility index (Phi) is 1.29. The van der Waals surface area contributed by atoms with Gasteiger partial charge in [0.2, 0.25) is 0 Å². The summed E-state index contributed by atoms with van der Waals surface area (Å²) in [7, 11) is 0. The fourth-order valence-corrected chi connectivity index (χ4v) is 0.985. The van der Waals surface area contributed by atoms with Gasteiger partial charge in [-0.2, -0.15) is 0 Å². The van der Waals surface area contributed by atoms with Gasteiger partial charge in [-0.05, 0) is 13.8 Å². The number of nitrogens with one attached hydrogen (secondary N) is 2. The van der Waals surface area contributed by atoms with Gasteiger partial charge in [-0.3, -0.25) is 16.4 Å². The van der Waals surface area contributed by atoms with E-state index in [1.807, 2.05) is 13.8 Å². The van der Waals surface area contributed by atoms with E-state index in [0.717, 1.165) is 0 Å². The first-order valence-corrected chi connectivity index (χ1v) is 2.97. The zero-order valence-corrected chi connectivity index (χ0v) is 5.73. The van der Waals surface area contributed by atoms with Gasteiger partial charge in [0.05, 0.1) is 12.2 Å². The first-order valence-electron chi connectivity index (χ1n) is 2.97. The predicted molar refractivity (Wildman–Crippen MR) is 34.4 cm³/mol. The normalized spacial score (nSPS) is 41.3. The summed E-state index contributed by atoms with van der Waals surface area (Å²) in [5, 5.41) is 14.9. The highest BCUT2D eigenvalue weighted by Crippen LogP contribution is 2.08. The molecule has 0 saturated carbocycles. The van der Waals surface area contributed by atoms with Crippen molar-refractivity contribution in [3.63, 3.8) is 0 Å². The molecule has 4 nitrogen and oxygen atoms in total. The highest BCUT2D eigenvalue weighted by Gasteiger charge is 2.36. The Balaban J connectivity index is 2.58. The third-order valence-corrected chi connectivity index (χ3v) is 1.33. The number of nitrogens with two attached hydrogens (primary N) is 1. The molecule has 1 aliphatic rings. The summed E-state index contributed by atoms with van der Waals surface area (Å²) in [5.41, 5.74) is 5.09. The molecule has 1 unspecified atom stereocenters. The molecule has 0 aromatic carbocycles. The molecule has 1 fully saturated rings. The van der Waals surface area contributed by atoms with Gasteiger partial charge in [-0.15, -0.1) is 0 Å². The minimum atomic E-state index is -1.23. The van der Waals surface area contributed by atoms with Crippen LogP contribution in [0.1, 0.15) is 13.8 Å². The average Bonchev–Trinajstić information content (AvgIpc) is 1.78. The molecule has 0 amide bonds. The van der Waals surface area contributed by atoms with Gasteiger partial charge in [-0.25, -0.2) is 0 Å². The van der Waals surface area contributed by atoms with E-state index in [1.165, 1.54) is 0 Å². The highest BCUT2D eigenvalue weighted by atomic mass is 16.3. The van der Waals surface area contributed by atoms with Crippen LogP contribution in [-0.2, 0) is 0 Å². The van der Waals surface area contributed by atoms with E-state index in [9.17, 15) is 0 Å². The minimum absolute atomic E-state index is 0.247. The van der Waals surface area contributed by atoms with Crippen LogP contribution in [0, 0.1) is 0 Å². The first-order chi connectivity index (χ1) is 3.91. The van der Waals surface area contributed by atoms with E-state index in [-0.39, 0.29) is 5.66 Å². The van der Waals surface area contributed by atoms with Crippen molar-refractivity contribution in [3.8, 4) is 0 Å². The van der Waals surface area contributed by atoms with E-state index < -0.39 is 5.85 Å². The Bertz CT molecular complexity index is 107. The maximum Gasteiger partial charge on any atom is 0.183 e. The molecule has 0 spiro atoms. The van der Waals surface area contributed by atoms with Gasteiger partial charge in [0.25, 0.3) is 0 Å². The lowest BCUT2D eigenvalue weighted by molar-refractivity contribution is 0.0330. The summed E-state index contributed by atoms with van der Waals surface area (Å²) in [6.07, 6.45) is 0. The molecule has 4 heteroatoms. The Hall–Kier alpha value is -0.160. The first kappa shape index (κ1) is 6.95. The molecule has 5 N–H and O–H groups in total. The van der Waals surface area contributed by atoms with E-state index in [4.69, 9.17) is 10.8 Å². The maximum absolute atomic E-state index is 9.13. The number of hydrogen-bond donors (Lipinski definition) is 4. The standard InChI is InChI=1S/C5H13N3O/c1-4(2)7-3-5(6,9)8-4/h7-9H,3,6H2,1-2H3. The van der Waals surface area contributed by atoms with E-state index in [1.54, 1.807) is 0 Å². The summed E-state index contributed by atoms with van der Waals surface area (Å²) in [6.45, 7) is 4.22. The highest BCUT2D eigenvalue weighted by molar-refractivity contribution is 4.91. The fourth-order valence-electron chi connectivity index (χ4n) is 0.985. The van der Waals surface area contributed by atoms with Crippen molar-refractivity contribution in [3.05, 3.63) is 0 Å². The molecule has 1 heterocycles. The molecule has 54 valence electrons. The molecule has 1 atom stereocenters. The number of rotatable bonds is 0. The minimum Gasteiger partial charge on any atom is -0.362 e. The second kappa shape index (κ2) is 1.67. The maximum atomic E-state index is 9.13. The Morgan fingerprint density at radius 3 is 2.22 bits per heavy atom. The van der Waals surface area contributed by atoms with Crippen molar-refractivity contribution in [2.75, 3.05) is 6.54 Å². The van der Waals surface area contributed by atoms with Crippen molar-refractivity contribution in [1.82, 2.24) is 10.6 Å². The quantitative estimate of drug-likeness (QED) is 0.303. The topological polar surface area (TPSA) is 70.3 Å². The van der Waals surface area contributed by atoms with Crippen LogP contribution in [0.5, 0.6) is 0 Å². The van der Waals surface area contributed by atoms with Crippen LogP contribution in [0.25, 0.3) is 0 Å². The molecule has 9 heavy (non-hydrogen) atoms. The number of hydrogen-bond acceptors (Lipinski definition) is 4. The molecule has 1 rings (SSSR count). The summed E-state index contributed by atoms with van der Waals surface area (Å²) < 4.78 is 0. The Labute approximate surface area is 54.4 Å². The van der Waals surface area contributed by atoms with Crippen molar-refractivity contribution in [2.24, 2.45) is 5.73 Å². The summed E-state index contributed by atoms with van der Waals surface area (Å²) >= 11 is 0. The second-order valence-electron chi connectivity index (χ2n) is 3.03. The van der Waals surface area contributed by atoms with Gasteiger partial charge in [0.1, 0.15) is 0 Å². The van der Waals surface area contributed by atoms with Gasteiger partial charge in [0.15, 0.2) is 5.85 Å². The molecular formula is C5H13N3O. The second-order valence-corrected chi connectivity index (χ2v) is 3.03. The largest absolute Gasteiger partial charge is 0.362 e. The fraction of sp³-hybridized carbons (Fsp3) is 1.00. The monoisotopic (exact) mass is 131 g/mol. The van der Waals surface area contributed by atoms with Crippen LogP contribution < -0.4 is 16.4 Å². The summed E-state index contributed by atoms with van der Waals surface area (Å²) in [4.78, 5) is 0. The van der Waals surface area contributed by atoms with Crippen LogP contribution in [0.4, 0.5) is 0 Å². The summed E-state index contributed by atoms with van der Waals surface area (Å²) in [5.74, 6) is -1.23. The lowest BCUT2D eigenvalue weighted by Gasteiger charge is -2.21. The third kappa shape index (κ3) is 1.62. The summed E-state index contributed by atoms with van der Waals surface area (Å²) in [6, 6.07) is 0. The number of β-amino-alcohol motifs (C(OH)–C–C–N with tert-alkyl or cyclic N) is 1. The lowest BCUT2D eigenvalue weighted by atomic mass is 10.3. The van der Waals surface area contributed by atoms with Crippen molar-refractivity contribution in [1.29, 1.82) is 0 Å². The molecule has 0 aliphatic carbocycles. The van der Waals surface area contributed by atoms with Crippen LogP contribution in [0.3, 0.4) is 0 Å². The van der Waals surface area contributed by atoms with E-state index in [2.05, 4.69) is 10.6 Å². The Morgan fingerprint density at radius 2 is 2.11 bits per heavy atom. The van der Waals surface area contributed by atoms with Crippen molar-refractivity contribution >= 4 is 0 Å². The van der Waals surface area contributed by atoms with Crippen molar-refractivity contribution < 1.29 is 5.11 Å². The lowest BCUT2D eigenvalue weighted by Crippen LogP contribution is -2.55. The van der Waals surface area contributed by atoms with Crippen LogP contribution >= 0.6 is 0 Å². The van der Waals surface area contributed by atoms with Crippen LogP contribution in [0.2, 0.25) is 0 Å². The van der Waals surface area contributed by atoms with E-state index in [0.29, 0.717) is 6.54 Å². The van der Waals surface area contributed by atoms with Gasteiger partial charge in [-0.1, -0.05) is 0 Å². The van der Waals surface area contributed by atoms with Crippen molar-refractivity contribution in [2.45, 2.75) is 25.4 Å². The zero-order chi connectivity index (χ0) is 7.12. The molecular weight excluding hydrogens is 118 g/mol. The van der Waals surface area contributed by atoms with Crippen LogP contribution in [0.15, 0.2) is 0 Å². The Morgan fingerprint density at radius 1 is 1.56 bits per heavy atom. The smallest absolute Gasteiger partial charge is 0.183 e. The molecule has 0 bridgehead atoms. The molecule has 0 aromatic heterocycles. The predicted octanol–water partition coefficient (Wildman–Crippen LogP) is -1.48. The van der Waals surface area contributed by atoms with Gasteiger partial charge in [0, 0.05) is 0 Å². The SMILES string of the molecule is CC1(C)NCC(N)(O)N1. The molecule has 0 aromatic rings. The van der Waals surface area contributed by atoms with Crippen LogP contribution in [-0.4, -0.2) is 23.2 Å². The van der Waals surface area contributed by atoms with E-state index >= 15 is 0 Å². The average molecular weight is 131 g/mol. The third-order valence-electron chi connectivity index (χ3n) is 1.33.